The minimum Gasteiger partial charge on any atom is -0.363 e. The summed E-state index contributed by atoms with van der Waals surface area (Å²) in [4.78, 5) is 14.7. The van der Waals surface area contributed by atoms with Crippen LogP contribution in [0, 0.1) is 10.1 Å². The molecule has 27 heavy (non-hydrogen) atoms. The van der Waals surface area contributed by atoms with Crippen LogP contribution in [0.25, 0.3) is 0 Å². The van der Waals surface area contributed by atoms with Crippen molar-refractivity contribution in [2.24, 2.45) is 0 Å². The molecule has 1 aromatic carbocycles. The second-order valence-electron chi connectivity index (χ2n) is 7.52. The van der Waals surface area contributed by atoms with Gasteiger partial charge in [-0.2, -0.15) is 4.31 Å². The van der Waals surface area contributed by atoms with E-state index < -0.39 is 14.9 Å². The van der Waals surface area contributed by atoms with Gasteiger partial charge in [-0.05, 0) is 37.8 Å². The number of nitrogens with zero attached hydrogens (tertiary/aromatic N) is 3. The SMILES string of the molecule is CC[C@H]1CCCCN1c1ccc(S(=O)(=O)N2CC[NH+](C)CC2)cc1[N+](=O)[O-]. The minimum atomic E-state index is -3.71. The van der Waals surface area contributed by atoms with Gasteiger partial charge in [-0.15, -0.1) is 0 Å². The molecule has 9 heteroatoms. The van der Waals surface area contributed by atoms with E-state index in [0.29, 0.717) is 18.8 Å². The van der Waals surface area contributed by atoms with Crippen molar-refractivity contribution in [2.45, 2.75) is 43.5 Å². The van der Waals surface area contributed by atoms with E-state index >= 15 is 0 Å². The number of sulfonamides is 1. The largest absolute Gasteiger partial charge is 0.363 e. The van der Waals surface area contributed by atoms with Crippen LogP contribution in [-0.4, -0.2) is 63.5 Å². The fraction of sp³-hybridized carbons (Fsp3) is 0.667. The summed E-state index contributed by atoms with van der Waals surface area (Å²) in [6.45, 7) is 5.22. The Balaban J connectivity index is 1.95. The molecular formula is C18H29N4O4S+. The van der Waals surface area contributed by atoms with Crippen LogP contribution in [0.1, 0.15) is 32.6 Å². The molecule has 0 bridgehead atoms. The van der Waals surface area contributed by atoms with Gasteiger partial charge in [0.2, 0.25) is 10.0 Å². The summed E-state index contributed by atoms with van der Waals surface area (Å²) in [5.74, 6) is 0. The van der Waals surface area contributed by atoms with Gasteiger partial charge in [-0.1, -0.05) is 6.92 Å². The first-order valence-electron chi connectivity index (χ1n) is 9.71. The van der Waals surface area contributed by atoms with E-state index in [1.54, 1.807) is 6.07 Å². The zero-order valence-corrected chi connectivity index (χ0v) is 16.9. The number of benzene rings is 1. The van der Waals surface area contributed by atoms with Gasteiger partial charge in [0.25, 0.3) is 5.69 Å². The zero-order valence-electron chi connectivity index (χ0n) is 16.1. The highest BCUT2D eigenvalue weighted by Crippen LogP contribution is 2.36. The maximum Gasteiger partial charge on any atom is 0.293 e. The van der Waals surface area contributed by atoms with Crippen LogP contribution >= 0.6 is 0 Å². The second kappa shape index (κ2) is 8.12. The van der Waals surface area contributed by atoms with Gasteiger partial charge < -0.3 is 9.80 Å². The van der Waals surface area contributed by atoms with Crippen molar-refractivity contribution in [1.29, 1.82) is 0 Å². The van der Waals surface area contributed by atoms with Gasteiger partial charge in [0.05, 0.1) is 43.0 Å². The molecule has 3 rings (SSSR count). The molecule has 1 aromatic rings. The third-order valence-electron chi connectivity index (χ3n) is 5.77. The van der Waals surface area contributed by atoms with Crippen molar-refractivity contribution in [2.75, 3.05) is 44.7 Å². The van der Waals surface area contributed by atoms with Crippen LogP contribution in [0.2, 0.25) is 0 Å². The van der Waals surface area contributed by atoms with Crippen molar-refractivity contribution >= 4 is 21.4 Å². The number of piperidine rings is 1. The zero-order chi connectivity index (χ0) is 19.6. The molecule has 0 unspecified atom stereocenters. The quantitative estimate of drug-likeness (QED) is 0.589. The topological polar surface area (TPSA) is 88.2 Å². The number of rotatable bonds is 5. The number of quaternary nitrogens is 1. The van der Waals surface area contributed by atoms with Gasteiger partial charge >= 0.3 is 0 Å². The monoisotopic (exact) mass is 397 g/mol. The highest BCUT2D eigenvalue weighted by molar-refractivity contribution is 7.89. The maximum atomic E-state index is 13.0. The molecule has 2 aliphatic rings. The van der Waals surface area contributed by atoms with Crippen molar-refractivity contribution in [3.8, 4) is 0 Å². The number of hydrogen-bond acceptors (Lipinski definition) is 5. The summed E-state index contributed by atoms with van der Waals surface area (Å²) in [5, 5.41) is 11.7. The standard InChI is InChI=1S/C18H28N4O4S/c1-3-15-6-4-5-9-21(15)17-8-7-16(14-18(17)22(23)24)27(25,26)20-12-10-19(2)11-13-20/h7-8,14-15H,3-6,9-13H2,1-2H3/p+1/t15-/m0/s1. The Labute approximate surface area is 160 Å². The lowest BCUT2D eigenvalue weighted by molar-refractivity contribution is -0.883. The van der Waals surface area contributed by atoms with Gasteiger partial charge in [0.15, 0.2) is 0 Å². The fourth-order valence-corrected chi connectivity index (χ4v) is 5.51. The van der Waals surface area contributed by atoms with Crippen LogP contribution in [0.4, 0.5) is 11.4 Å². The number of nitro benzene ring substituents is 1. The third-order valence-corrected chi connectivity index (χ3v) is 7.66. The maximum absolute atomic E-state index is 13.0. The third kappa shape index (κ3) is 4.09. The van der Waals surface area contributed by atoms with Gasteiger partial charge in [0, 0.05) is 18.7 Å². The van der Waals surface area contributed by atoms with Crippen molar-refractivity contribution in [1.82, 2.24) is 4.31 Å². The van der Waals surface area contributed by atoms with Gasteiger partial charge in [-0.3, -0.25) is 10.1 Å². The van der Waals surface area contributed by atoms with E-state index in [-0.39, 0.29) is 16.6 Å². The number of hydrogen-bond donors (Lipinski definition) is 1. The van der Waals surface area contributed by atoms with E-state index in [2.05, 4.69) is 11.8 Å². The van der Waals surface area contributed by atoms with Crippen molar-refractivity contribution in [3.05, 3.63) is 28.3 Å². The Hall–Kier alpha value is -1.71. The number of likely N-dealkylation sites (N-methyl/N-ethyl adjacent to an activating group) is 1. The molecule has 0 aromatic heterocycles. The van der Waals surface area contributed by atoms with Crippen molar-refractivity contribution in [3.63, 3.8) is 0 Å². The molecule has 2 saturated heterocycles. The second-order valence-corrected chi connectivity index (χ2v) is 9.46. The predicted molar refractivity (Wildman–Crippen MR) is 104 cm³/mol. The molecule has 0 saturated carbocycles. The first-order chi connectivity index (χ1) is 12.8. The van der Waals surface area contributed by atoms with Crippen LogP contribution in [-0.2, 0) is 10.0 Å². The molecule has 8 nitrogen and oxygen atoms in total. The van der Waals surface area contributed by atoms with Gasteiger partial charge in [-0.25, -0.2) is 8.42 Å². The molecule has 0 aliphatic carbocycles. The summed E-state index contributed by atoms with van der Waals surface area (Å²) in [7, 11) is -1.68. The number of anilines is 1. The molecule has 0 radical (unpaired) electrons. The molecule has 2 heterocycles. The lowest BCUT2D eigenvalue weighted by atomic mass is 9.99. The fourth-order valence-electron chi connectivity index (χ4n) is 4.05. The predicted octanol–water partition coefficient (Wildman–Crippen LogP) is 0.883. The average molecular weight is 398 g/mol. The van der Waals surface area contributed by atoms with Gasteiger partial charge in [0.1, 0.15) is 5.69 Å². The van der Waals surface area contributed by atoms with Crippen LogP contribution in [0.5, 0.6) is 0 Å². The minimum absolute atomic E-state index is 0.0163. The number of nitro groups is 1. The Morgan fingerprint density at radius 2 is 1.93 bits per heavy atom. The van der Waals surface area contributed by atoms with E-state index in [9.17, 15) is 18.5 Å². The Morgan fingerprint density at radius 3 is 2.56 bits per heavy atom. The van der Waals surface area contributed by atoms with E-state index in [0.717, 1.165) is 45.3 Å². The number of nitrogens with one attached hydrogen (secondary N) is 1. The Morgan fingerprint density at radius 1 is 1.22 bits per heavy atom. The number of piperazine rings is 1. The molecule has 2 aliphatic heterocycles. The molecule has 150 valence electrons. The molecule has 2 fully saturated rings. The molecule has 1 atom stereocenters. The highest BCUT2D eigenvalue weighted by Gasteiger charge is 2.33. The summed E-state index contributed by atoms with van der Waals surface area (Å²) in [6.07, 6.45) is 4.05. The molecule has 0 amide bonds. The molecule has 0 spiro atoms. The first kappa shape index (κ1) is 20.0. The summed E-state index contributed by atoms with van der Waals surface area (Å²) in [6, 6.07) is 4.67. The summed E-state index contributed by atoms with van der Waals surface area (Å²) < 4.78 is 27.4. The summed E-state index contributed by atoms with van der Waals surface area (Å²) >= 11 is 0. The molecular weight excluding hydrogens is 368 g/mol. The first-order valence-corrected chi connectivity index (χ1v) is 11.1. The highest BCUT2D eigenvalue weighted by atomic mass is 32.2. The lowest BCUT2D eigenvalue weighted by Gasteiger charge is -2.36. The molecule has 1 N–H and O–H groups in total. The lowest BCUT2D eigenvalue weighted by Crippen LogP contribution is -3.12. The van der Waals surface area contributed by atoms with Crippen molar-refractivity contribution < 1.29 is 18.2 Å². The van der Waals surface area contributed by atoms with Crippen LogP contribution in [0.15, 0.2) is 23.1 Å². The average Bonchev–Trinajstić information content (AvgIpc) is 2.67. The van der Waals surface area contributed by atoms with E-state index in [4.69, 9.17) is 0 Å². The van der Waals surface area contributed by atoms with E-state index in [1.807, 2.05) is 7.05 Å². The van der Waals surface area contributed by atoms with Crippen LogP contribution < -0.4 is 9.80 Å². The normalized spacial score (nSPS) is 22.7. The Bertz CT molecular complexity index is 791. The van der Waals surface area contributed by atoms with Crippen LogP contribution in [0.3, 0.4) is 0 Å². The van der Waals surface area contributed by atoms with E-state index in [1.165, 1.54) is 21.3 Å². The summed E-state index contributed by atoms with van der Waals surface area (Å²) in [5.41, 5.74) is 0.421. The Kier molecular flexibility index (Phi) is 6.02. The smallest absolute Gasteiger partial charge is 0.293 e.